The van der Waals surface area contributed by atoms with Gasteiger partial charge in [0.15, 0.2) is 0 Å². The molecule has 0 heterocycles. The van der Waals surface area contributed by atoms with Crippen LogP contribution in [-0.4, -0.2) is 23.2 Å². The first-order valence-corrected chi connectivity index (χ1v) is 7.64. The number of carboxylic acid groups (broad SMARTS) is 1. The van der Waals surface area contributed by atoms with Gasteiger partial charge in [-0.25, -0.2) is 0 Å². The molecule has 1 saturated carbocycles. The molecule has 0 radical (unpaired) electrons. The Bertz CT molecular complexity index is 235. The number of nitrogens with one attached hydrogen (secondary N) is 1. The third-order valence-electron chi connectivity index (χ3n) is 4.22. The summed E-state index contributed by atoms with van der Waals surface area (Å²) in [5, 5.41) is 12.6. The van der Waals surface area contributed by atoms with E-state index < -0.39 is 5.97 Å². The highest BCUT2D eigenvalue weighted by atomic mass is 16.4. The van der Waals surface area contributed by atoms with Crippen molar-refractivity contribution in [1.82, 2.24) is 5.32 Å². The normalized spacial score (nSPS) is 21.2. The summed E-state index contributed by atoms with van der Waals surface area (Å²) in [6.45, 7) is 4.27. The number of rotatable bonds is 7. The van der Waals surface area contributed by atoms with Crippen LogP contribution in [0.5, 0.6) is 0 Å². The molecule has 0 aromatic heterocycles. The fourth-order valence-electron chi connectivity index (χ4n) is 2.95. The summed E-state index contributed by atoms with van der Waals surface area (Å²) in [6.07, 6.45) is 10.6. The van der Waals surface area contributed by atoms with Gasteiger partial charge in [0.2, 0.25) is 0 Å². The van der Waals surface area contributed by atoms with Gasteiger partial charge in [0.25, 0.3) is 0 Å². The van der Waals surface area contributed by atoms with E-state index in [0.29, 0.717) is 12.0 Å². The van der Waals surface area contributed by atoms with Crippen LogP contribution in [0, 0.1) is 5.92 Å². The number of hydrogen-bond acceptors (Lipinski definition) is 2. The first-order chi connectivity index (χ1) is 8.65. The molecule has 18 heavy (non-hydrogen) atoms. The molecule has 0 aromatic rings. The van der Waals surface area contributed by atoms with Crippen molar-refractivity contribution in [3.05, 3.63) is 0 Å². The van der Waals surface area contributed by atoms with Crippen LogP contribution >= 0.6 is 0 Å². The predicted molar refractivity (Wildman–Crippen MR) is 74.7 cm³/mol. The molecule has 0 amide bonds. The zero-order valence-corrected chi connectivity index (χ0v) is 12.0. The van der Waals surface area contributed by atoms with Gasteiger partial charge in [-0.05, 0) is 32.1 Å². The van der Waals surface area contributed by atoms with Crippen LogP contribution in [0.4, 0.5) is 0 Å². The monoisotopic (exact) mass is 255 g/mol. The number of unbranched alkanes of at least 4 members (excludes halogenated alkanes) is 1. The second-order valence-corrected chi connectivity index (χ2v) is 5.74. The van der Waals surface area contributed by atoms with Gasteiger partial charge in [-0.15, -0.1) is 0 Å². The molecule has 0 spiro atoms. The van der Waals surface area contributed by atoms with Crippen molar-refractivity contribution in [1.29, 1.82) is 0 Å². The standard InChI is InChI=1S/C15H29NO2/c1-3-4-11-14(15(17)18)16-12(2)13-9-7-5-6-8-10-13/h12-14,16H,3-11H2,1-2H3,(H,17,18)/t12-,14?/m0/s1. The van der Waals surface area contributed by atoms with E-state index in [0.717, 1.165) is 19.3 Å². The molecule has 0 aliphatic heterocycles. The Hall–Kier alpha value is -0.570. The summed E-state index contributed by atoms with van der Waals surface area (Å²) in [7, 11) is 0. The maximum Gasteiger partial charge on any atom is 0.320 e. The molecule has 106 valence electrons. The zero-order chi connectivity index (χ0) is 13.4. The minimum atomic E-state index is -0.691. The second kappa shape index (κ2) is 8.52. The summed E-state index contributed by atoms with van der Waals surface area (Å²) in [5.74, 6) is -0.0279. The molecule has 0 saturated heterocycles. The quantitative estimate of drug-likeness (QED) is 0.684. The summed E-state index contributed by atoms with van der Waals surface area (Å²) in [5.41, 5.74) is 0. The smallest absolute Gasteiger partial charge is 0.320 e. The SMILES string of the molecule is CCCCC(N[C@@H](C)C1CCCCCC1)C(=O)O. The highest BCUT2D eigenvalue weighted by Crippen LogP contribution is 2.25. The lowest BCUT2D eigenvalue weighted by Gasteiger charge is -2.27. The molecule has 1 fully saturated rings. The van der Waals surface area contributed by atoms with E-state index in [9.17, 15) is 9.90 Å². The van der Waals surface area contributed by atoms with Gasteiger partial charge in [-0.1, -0.05) is 45.4 Å². The Morgan fingerprint density at radius 1 is 1.28 bits per heavy atom. The zero-order valence-electron chi connectivity index (χ0n) is 12.0. The molecule has 2 atom stereocenters. The summed E-state index contributed by atoms with van der Waals surface area (Å²) >= 11 is 0. The topological polar surface area (TPSA) is 49.3 Å². The van der Waals surface area contributed by atoms with Crippen LogP contribution in [0.1, 0.15) is 71.6 Å². The lowest BCUT2D eigenvalue weighted by Crippen LogP contribution is -2.45. The molecule has 1 unspecified atom stereocenters. The third kappa shape index (κ3) is 5.38. The van der Waals surface area contributed by atoms with Crippen LogP contribution in [0.3, 0.4) is 0 Å². The lowest BCUT2D eigenvalue weighted by molar-refractivity contribution is -0.140. The molecule has 3 nitrogen and oxygen atoms in total. The number of aliphatic carboxylic acids is 1. The molecular formula is C15H29NO2. The van der Waals surface area contributed by atoms with Gasteiger partial charge >= 0.3 is 5.97 Å². The van der Waals surface area contributed by atoms with Crippen molar-refractivity contribution in [2.24, 2.45) is 5.92 Å². The Kier molecular flexibility index (Phi) is 7.33. The van der Waals surface area contributed by atoms with Gasteiger partial charge in [0.1, 0.15) is 6.04 Å². The van der Waals surface area contributed by atoms with Crippen LogP contribution in [0.15, 0.2) is 0 Å². The summed E-state index contributed by atoms with van der Waals surface area (Å²) in [4.78, 5) is 11.2. The van der Waals surface area contributed by atoms with Gasteiger partial charge in [-0.2, -0.15) is 0 Å². The molecule has 0 bridgehead atoms. The third-order valence-corrected chi connectivity index (χ3v) is 4.22. The summed E-state index contributed by atoms with van der Waals surface area (Å²) < 4.78 is 0. The lowest BCUT2D eigenvalue weighted by atomic mass is 9.92. The summed E-state index contributed by atoms with van der Waals surface area (Å²) in [6, 6.07) is -0.0238. The van der Waals surface area contributed by atoms with Gasteiger partial charge < -0.3 is 10.4 Å². The first-order valence-electron chi connectivity index (χ1n) is 7.64. The number of carboxylic acids is 1. The highest BCUT2D eigenvalue weighted by Gasteiger charge is 2.24. The Labute approximate surface area is 111 Å². The fraction of sp³-hybridized carbons (Fsp3) is 0.933. The van der Waals surface area contributed by atoms with E-state index in [4.69, 9.17) is 0 Å². The van der Waals surface area contributed by atoms with Crippen molar-refractivity contribution in [3.8, 4) is 0 Å². The van der Waals surface area contributed by atoms with Gasteiger partial charge in [0.05, 0.1) is 0 Å². The van der Waals surface area contributed by atoms with Crippen molar-refractivity contribution in [2.45, 2.75) is 83.7 Å². The minimum absolute atomic E-state index is 0.334. The second-order valence-electron chi connectivity index (χ2n) is 5.74. The van der Waals surface area contributed by atoms with Crippen molar-refractivity contribution in [2.75, 3.05) is 0 Å². The van der Waals surface area contributed by atoms with Crippen molar-refractivity contribution in [3.63, 3.8) is 0 Å². The van der Waals surface area contributed by atoms with Crippen LogP contribution in [0.2, 0.25) is 0 Å². The fourth-order valence-corrected chi connectivity index (χ4v) is 2.95. The maximum absolute atomic E-state index is 11.2. The highest BCUT2D eigenvalue weighted by molar-refractivity contribution is 5.73. The molecule has 1 rings (SSSR count). The van der Waals surface area contributed by atoms with Gasteiger partial charge in [-0.3, -0.25) is 4.79 Å². The molecule has 1 aliphatic carbocycles. The van der Waals surface area contributed by atoms with Crippen LogP contribution in [0.25, 0.3) is 0 Å². The maximum atomic E-state index is 11.2. The first kappa shape index (κ1) is 15.5. The van der Waals surface area contributed by atoms with E-state index in [1.54, 1.807) is 0 Å². The Balaban J connectivity index is 2.42. The Morgan fingerprint density at radius 3 is 2.39 bits per heavy atom. The average molecular weight is 255 g/mol. The van der Waals surface area contributed by atoms with Crippen LogP contribution in [-0.2, 0) is 4.79 Å². The predicted octanol–water partition coefficient (Wildman–Crippen LogP) is 3.58. The van der Waals surface area contributed by atoms with Gasteiger partial charge in [0, 0.05) is 6.04 Å². The van der Waals surface area contributed by atoms with E-state index >= 15 is 0 Å². The molecule has 3 heteroatoms. The van der Waals surface area contributed by atoms with Crippen LogP contribution < -0.4 is 5.32 Å². The number of hydrogen-bond donors (Lipinski definition) is 2. The van der Waals surface area contributed by atoms with Crippen molar-refractivity contribution >= 4 is 5.97 Å². The number of carbonyl (C=O) groups is 1. The molecule has 0 aromatic carbocycles. The van der Waals surface area contributed by atoms with E-state index in [1.165, 1.54) is 38.5 Å². The average Bonchev–Trinajstić information content (AvgIpc) is 2.62. The van der Waals surface area contributed by atoms with E-state index in [1.807, 2.05) is 0 Å². The molecule has 2 N–H and O–H groups in total. The van der Waals surface area contributed by atoms with E-state index in [-0.39, 0.29) is 6.04 Å². The Morgan fingerprint density at radius 2 is 1.89 bits per heavy atom. The van der Waals surface area contributed by atoms with Crippen molar-refractivity contribution < 1.29 is 9.90 Å². The largest absolute Gasteiger partial charge is 0.480 e. The van der Waals surface area contributed by atoms with E-state index in [2.05, 4.69) is 19.2 Å². The molecule has 1 aliphatic rings. The molecular weight excluding hydrogens is 226 g/mol. The minimum Gasteiger partial charge on any atom is -0.480 e.